The van der Waals surface area contributed by atoms with E-state index in [4.69, 9.17) is 121 Å². The molecule has 32 nitrogen and oxygen atoms in total. The zero-order valence-electron chi connectivity index (χ0n) is 76.5. The van der Waals surface area contributed by atoms with Crippen molar-refractivity contribution in [2.75, 3.05) is 28.2 Å². The molecule has 0 saturated carbocycles. The van der Waals surface area contributed by atoms with Crippen molar-refractivity contribution in [1.82, 2.24) is 115 Å². The molecule has 0 spiro atoms. The van der Waals surface area contributed by atoms with E-state index in [2.05, 4.69) is 71.3 Å². The van der Waals surface area contributed by atoms with Gasteiger partial charge in [0.25, 0.3) is 0 Å². The molecule has 5 N–H and O–H groups in total. The molecular formula is C104H106Cl10N24O8S2. The van der Waals surface area contributed by atoms with Crippen molar-refractivity contribution >= 4 is 203 Å². The average Bonchev–Trinajstić information content (AvgIpc) is 1.59. The Labute approximate surface area is 906 Å². The number of H-pyrrole nitrogens is 3. The van der Waals surface area contributed by atoms with Gasteiger partial charge in [-0.25, -0.2) is 37.8 Å². The Morgan fingerprint density at radius 3 is 1.10 bits per heavy atom. The number of nitrogens with one attached hydrogen (secondary N) is 3. The fourth-order valence-corrected chi connectivity index (χ4v) is 20.3. The molecule has 10 aromatic carbocycles. The number of fused-ring (bicyclic) bond motifs is 5. The lowest BCUT2D eigenvalue weighted by Crippen LogP contribution is -2.30. The Morgan fingerprint density at radius 1 is 0.365 bits per heavy atom. The van der Waals surface area contributed by atoms with E-state index in [1.165, 1.54) is 64.0 Å². The van der Waals surface area contributed by atoms with Crippen LogP contribution in [0.15, 0.2) is 263 Å². The maximum Gasteiger partial charge on any atom is 0.308 e. The summed E-state index contributed by atoms with van der Waals surface area (Å²) in [5, 5.41) is 54.5. The van der Waals surface area contributed by atoms with Gasteiger partial charge in [-0.3, -0.25) is 33.0 Å². The van der Waals surface area contributed by atoms with E-state index in [-0.39, 0.29) is 67.8 Å². The molecule has 44 heteroatoms. The number of ketones is 2. The summed E-state index contributed by atoms with van der Waals surface area (Å²) in [5.41, 5.74) is 15.3. The van der Waals surface area contributed by atoms with E-state index in [0.29, 0.717) is 113 Å². The van der Waals surface area contributed by atoms with Crippen LogP contribution in [-0.4, -0.2) is 182 Å². The van der Waals surface area contributed by atoms with Crippen LogP contribution in [0.5, 0.6) is 0 Å². The van der Waals surface area contributed by atoms with Gasteiger partial charge in [-0.2, -0.15) is 50.9 Å². The third-order valence-corrected chi connectivity index (χ3v) is 28.9. The first-order chi connectivity index (χ1) is 67.9. The van der Waals surface area contributed by atoms with E-state index in [9.17, 15) is 36.6 Å². The molecule has 11 aromatic heterocycles. The number of benzene rings is 10. The third kappa shape index (κ3) is 24.0. The van der Waals surface area contributed by atoms with Crippen LogP contribution in [0.25, 0.3) is 110 Å². The Bertz CT molecular complexity index is 8530. The highest BCUT2D eigenvalue weighted by Crippen LogP contribution is 2.44. The SMILES string of the molecule is C.C.C.C.C.C.CN(C)S(=O)(=O)n1ccnc1.CN(C)S(=O)(=O)n1ccnc1C(O)c1c2cccc(-c3ccc(Cl)cc3Cl)c2nn1C.Cn1ccnc1C(=O)c1c2cccc(-c3ccc(Cl)cc3Cl)c2nn1C.Cn1nc2c(-c3ccc(Cl)cc3Cl)cccc2c1C(=O)c1ncc[nH]1.Cn1nc2c(-c3ccc(Cl)cc3Cl)cccc2c1C(O)c1ncc[nH]1.Cn1nc2c(-c3ccc(Cl)cc3Cl)cccc2c1Cc1ncc[nH]1. The Morgan fingerprint density at radius 2 is 0.730 bits per heavy atom. The van der Waals surface area contributed by atoms with Crippen molar-refractivity contribution in [3.8, 4) is 55.6 Å². The van der Waals surface area contributed by atoms with Crippen LogP contribution in [-0.2, 0) is 69.1 Å². The number of nitrogens with zero attached hydrogens (tertiary/aromatic N) is 21. The minimum Gasteiger partial charge on any atom is -0.379 e. The highest BCUT2D eigenvalue weighted by molar-refractivity contribution is 7.87. The number of aryl methyl sites for hydroxylation is 6. The van der Waals surface area contributed by atoms with Gasteiger partial charge in [0.15, 0.2) is 29.7 Å². The summed E-state index contributed by atoms with van der Waals surface area (Å²) in [5.74, 6) is 1.60. The molecule has 0 aliphatic heterocycles. The van der Waals surface area contributed by atoms with Gasteiger partial charge in [-0.05, 0) is 60.7 Å². The lowest BCUT2D eigenvalue weighted by molar-refractivity contribution is 0.101. The standard InChI is InChI=1S/C20H19Cl2N5O3S.C19H14Cl2N4O.C18H14Cl2N4O.C18H12Cl2N4O.C18H14Cl2N4.C5H9N3O2S.6CH4/c1-25(2)31(29,30)27-10-9-23-20(27)19(28)18-15-6-4-5-14(17(15)24-26(18)3)13-8-7-12(21)11-16(13)22;1-24-9-8-22-19(24)18(26)17-14-5-3-4-13(16(14)23-25(17)2)12-7-6-11(20)10-15(12)21;2*1-24-16(17(25)18-21-7-8-22-18)13-4-2-3-12(15(13)23-24)11-6-5-10(19)9-14(11)20;1-24-16(10-17-21-7-8-22-17)14-4-2-3-13(18(14)23-24)12-6-5-11(19)9-15(12)20;1-7(2)11(9,10)8-4-3-6-5-8;;;;;;/h4-11,19,28H,1-3H3;3-10H,1-2H3;2-9,17,25H,1H3,(H,21,22);2-9H,1H3,(H,21,22);2-9H,10H2,1H3,(H,21,22);3-5H,1-2H3;6*1H4. The zero-order valence-corrected chi connectivity index (χ0v) is 85.7. The number of imidazole rings is 6. The van der Waals surface area contributed by atoms with Gasteiger partial charge in [0, 0.05) is 284 Å². The van der Waals surface area contributed by atoms with Crippen molar-refractivity contribution < 1.29 is 36.6 Å². The van der Waals surface area contributed by atoms with E-state index in [1.54, 1.807) is 158 Å². The minimum atomic E-state index is -3.86. The molecule has 0 amide bonds. The fraction of sp³-hybridized carbons (Fsp3) is 0.183. The Balaban J connectivity index is 0.000000183. The number of halogens is 10. The number of carbonyl (C=O) groups excluding carboxylic acids is 2. The first-order valence-corrected chi connectivity index (χ1v) is 49.3. The summed E-state index contributed by atoms with van der Waals surface area (Å²) < 4.78 is 61.9. The lowest BCUT2D eigenvalue weighted by Gasteiger charge is -2.17. The van der Waals surface area contributed by atoms with Crippen LogP contribution >= 0.6 is 116 Å². The smallest absolute Gasteiger partial charge is 0.308 e. The van der Waals surface area contributed by atoms with Gasteiger partial charge in [0.2, 0.25) is 11.6 Å². The van der Waals surface area contributed by atoms with Gasteiger partial charge in [-0.1, -0.05) is 282 Å². The number of hydrogen-bond donors (Lipinski definition) is 5. The number of carbonyl (C=O) groups is 2. The molecule has 11 heterocycles. The van der Waals surface area contributed by atoms with Crippen molar-refractivity contribution in [2.24, 2.45) is 42.3 Å². The van der Waals surface area contributed by atoms with Crippen LogP contribution < -0.4 is 0 Å². The maximum atomic E-state index is 13.0. The fourth-order valence-electron chi connectivity index (χ4n) is 16.1. The Hall–Kier alpha value is -13.2. The second-order valence-corrected chi connectivity index (χ2v) is 40.5. The van der Waals surface area contributed by atoms with Gasteiger partial charge in [0.1, 0.15) is 56.9 Å². The van der Waals surface area contributed by atoms with Crippen LogP contribution in [0.3, 0.4) is 0 Å². The quantitative estimate of drug-likeness (QED) is 0.0469. The van der Waals surface area contributed by atoms with Gasteiger partial charge in [-0.15, -0.1) is 0 Å². The highest BCUT2D eigenvalue weighted by atomic mass is 35.5. The Kier molecular flexibility index (Phi) is 38.9. The largest absolute Gasteiger partial charge is 0.379 e. The maximum absolute atomic E-state index is 13.0. The molecule has 0 fully saturated rings. The van der Waals surface area contributed by atoms with Crippen molar-refractivity contribution in [3.63, 3.8) is 0 Å². The summed E-state index contributed by atoms with van der Waals surface area (Å²) in [7, 11) is 9.26. The molecule has 148 heavy (non-hydrogen) atoms. The summed E-state index contributed by atoms with van der Waals surface area (Å²) >= 11 is 61.9. The molecule has 0 aliphatic rings. The molecule has 21 rings (SSSR count). The monoisotopic (exact) mass is 2230 g/mol. The number of aromatic nitrogens is 22. The number of aromatic amines is 3. The molecule has 2 atom stereocenters. The van der Waals surface area contributed by atoms with Crippen molar-refractivity contribution in [3.05, 3.63) is 370 Å². The normalized spacial score (nSPS) is 11.5. The number of aliphatic hydroxyl groups excluding tert-OH is 2. The van der Waals surface area contributed by atoms with E-state index in [1.807, 2.05) is 133 Å². The molecule has 2 unspecified atom stereocenters. The second kappa shape index (κ2) is 49.3. The predicted molar refractivity (Wildman–Crippen MR) is 598 cm³/mol. The van der Waals surface area contributed by atoms with Crippen molar-refractivity contribution in [1.29, 1.82) is 0 Å². The minimum absolute atomic E-state index is 0. The first kappa shape index (κ1) is 117. The summed E-state index contributed by atoms with van der Waals surface area (Å²) in [6, 6.07) is 55.5. The van der Waals surface area contributed by atoms with Gasteiger partial charge in [0.05, 0.1) is 17.1 Å². The predicted octanol–water partition coefficient (Wildman–Crippen LogP) is 25.1. The number of aliphatic hydroxyl groups is 2. The van der Waals surface area contributed by atoms with Gasteiger partial charge < -0.3 is 29.7 Å². The molecule has 0 aliphatic carbocycles. The molecule has 0 bridgehead atoms. The van der Waals surface area contributed by atoms with E-state index >= 15 is 0 Å². The first-order valence-electron chi connectivity index (χ1n) is 42.7. The van der Waals surface area contributed by atoms with E-state index in [0.717, 1.165) is 116 Å². The summed E-state index contributed by atoms with van der Waals surface area (Å²) in [6.45, 7) is 0. The van der Waals surface area contributed by atoms with E-state index < -0.39 is 32.6 Å². The topological polar surface area (TPSA) is 378 Å². The molecule has 21 aromatic rings. The van der Waals surface area contributed by atoms with Crippen LogP contribution in [0.1, 0.15) is 124 Å². The van der Waals surface area contributed by atoms with Crippen LogP contribution in [0.4, 0.5) is 0 Å². The summed E-state index contributed by atoms with van der Waals surface area (Å²) in [6.07, 6.45) is 18.5. The molecular weight excluding hydrogens is 2130 g/mol. The van der Waals surface area contributed by atoms with Crippen LogP contribution in [0, 0.1) is 0 Å². The second-order valence-electron chi connectivity index (χ2n) is 32.2. The highest BCUT2D eigenvalue weighted by Gasteiger charge is 2.32. The molecule has 772 valence electrons. The number of hydrogen-bond acceptors (Lipinski definition) is 19. The molecule has 0 radical (unpaired) electrons. The zero-order chi connectivity index (χ0) is 101. The average molecular weight is 2240 g/mol. The lowest BCUT2D eigenvalue weighted by atomic mass is 10.0. The number of rotatable bonds is 19. The van der Waals surface area contributed by atoms with Crippen LogP contribution in [0.2, 0.25) is 50.2 Å². The molecule has 0 saturated heterocycles. The summed E-state index contributed by atoms with van der Waals surface area (Å²) in [4.78, 5) is 59.1. The van der Waals surface area contributed by atoms with Gasteiger partial charge >= 0.3 is 20.4 Å². The third-order valence-electron chi connectivity index (χ3n) is 22.8. The van der Waals surface area contributed by atoms with Crippen molar-refractivity contribution in [2.45, 2.75) is 63.2 Å².